The highest BCUT2D eigenvalue weighted by atomic mass is 16.5. The van der Waals surface area contributed by atoms with Crippen LogP contribution in [0, 0.1) is 0 Å². The van der Waals surface area contributed by atoms with Crippen molar-refractivity contribution in [2.24, 2.45) is 0 Å². The number of H-pyrrole nitrogens is 1. The van der Waals surface area contributed by atoms with Crippen LogP contribution in [0.3, 0.4) is 0 Å². The first-order valence-corrected chi connectivity index (χ1v) is 10.6. The van der Waals surface area contributed by atoms with E-state index in [-0.39, 0.29) is 5.56 Å². The number of nitrogens with one attached hydrogen (secondary N) is 1. The standard InChI is InChI=1S/C23H26N6O2/c1-3-13-28-21(30)15-22(31-14-4-2)29(28)16-17-9-11-18(12-10-17)19-7-5-6-8-20(19)23-24-26-27-25-23/h5-12,15H,3-4,13-14,16H2,1-2H3,(H,24,25,26,27). The highest BCUT2D eigenvalue weighted by Crippen LogP contribution is 2.30. The van der Waals surface area contributed by atoms with E-state index >= 15 is 0 Å². The first-order valence-electron chi connectivity index (χ1n) is 10.6. The summed E-state index contributed by atoms with van der Waals surface area (Å²) in [6.07, 6.45) is 1.77. The van der Waals surface area contributed by atoms with E-state index in [4.69, 9.17) is 4.74 Å². The average Bonchev–Trinajstić information content (AvgIpc) is 3.43. The summed E-state index contributed by atoms with van der Waals surface area (Å²) in [4.78, 5) is 12.4. The Bertz CT molecular complexity index is 1180. The monoisotopic (exact) mass is 418 g/mol. The topological polar surface area (TPSA) is 90.6 Å². The zero-order valence-corrected chi connectivity index (χ0v) is 17.8. The van der Waals surface area contributed by atoms with Gasteiger partial charge in [-0.05, 0) is 34.7 Å². The van der Waals surface area contributed by atoms with Crippen molar-refractivity contribution in [3.63, 3.8) is 0 Å². The van der Waals surface area contributed by atoms with Gasteiger partial charge >= 0.3 is 0 Å². The van der Waals surface area contributed by atoms with Crippen LogP contribution in [0.2, 0.25) is 0 Å². The first kappa shape index (κ1) is 20.6. The van der Waals surface area contributed by atoms with Crippen molar-refractivity contribution in [3.8, 4) is 28.4 Å². The smallest absolute Gasteiger partial charge is 0.270 e. The third-order valence-corrected chi connectivity index (χ3v) is 5.05. The van der Waals surface area contributed by atoms with Crippen molar-refractivity contribution in [1.29, 1.82) is 0 Å². The summed E-state index contributed by atoms with van der Waals surface area (Å²) in [5.74, 6) is 1.18. The van der Waals surface area contributed by atoms with Crippen LogP contribution >= 0.6 is 0 Å². The number of aromatic amines is 1. The molecule has 2 aromatic heterocycles. The van der Waals surface area contributed by atoms with Gasteiger partial charge < -0.3 is 4.74 Å². The number of aromatic nitrogens is 6. The van der Waals surface area contributed by atoms with Gasteiger partial charge in [-0.3, -0.25) is 4.79 Å². The number of hydrogen-bond acceptors (Lipinski definition) is 5. The van der Waals surface area contributed by atoms with E-state index in [0.29, 0.717) is 31.4 Å². The van der Waals surface area contributed by atoms with Gasteiger partial charge in [-0.2, -0.15) is 5.21 Å². The molecule has 0 radical (unpaired) electrons. The Morgan fingerprint density at radius 3 is 2.42 bits per heavy atom. The zero-order valence-electron chi connectivity index (χ0n) is 17.8. The fourth-order valence-corrected chi connectivity index (χ4v) is 3.59. The van der Waals surface area contributed by atoms with Crippen LogP contribution in [0.5, 0.6) is 5.88 Å². The molecule has 0 unspecified atom stereocenters. The molecule has 2 heterocycles. The summed E-state index contributed by atoms with van der Waals surface area (Å²) in [7, 11) is 0. The number of benzene rings is 2. The van der Waals surface area contributed by atoms with Crippen LogP contribution in [0.25, 0.3) is 22.5 Å². The van der Waals surface area contributed by atoms with Gasteiger partial charge in [0.15, 0.2) is 0 Å². The van der Waals surface area contributed by atoms with Gasteiger partial charge in [-0.25, -0.2) is 9.36 Å². The fraction of sp³-hybridized carbons (Fsp3) is 0.304. The van der Waals surface area contributed by atoms with Gasteiger partial charge in [-0.15, -0.1) is 10.2 Å². The predicted molar refractivity (Wildman–Crippen MR) is 119 cm³/mol. The third kappa shape index (κ3) is 4.42. The molecular formula is C23H26N6O2. The maximum Gasteiger partial charge on any atom is 0.270 e. The van der Waals surface area contributed by atoms with E-state index in [0.717, 1.165) is 35.1 Å². The lowest BCUT2D eigenvalue weighted by atomic mass is 9.98. The Hall–Kier alpha value is -3.68. The molecule has 1 N–H and O–H groups in total. The van der Waals surface area contributed by atoms with Crippen LogP contribution < -0.4 is 10.3 Å². The lowest BCUT2D eigenvalue weighted by molar-refractivity contribution is 0.273. The molecule has 0 amide bonds. The van der Waals surface area contributed by atoms with Crippen LogP contribution in [-0.4, -0.2) is 36.6 Å². The highest BCUT2D eigenvalue weighted by Gasteiger charge is 2.14. The Balaban J connectivity index is 1.63. The second-order valence-corrected chi connectivity index (χ2v) is 7.33. The summed E-state index contributed by atoms with van der Waals surface area (Å²) in [6.45, 7) is 5.92. The number of nitrogens with zero attached hydrogens (tertiary/aromatic N) is 5. The summed E-state index contributed by atoms with van der Waals surface area (Å²) in [5, 5.41) is 14.4. The largest absolute Gasteiger partial charge is 0.478 e. The van der Waals surface area contributed by atoms with Crippen molar-refractivity contribution in [2.45, 2.75) is 39.8 Å². The molecule has 0 aliphatic carbocycles. The molecule has 2 aromatic carbocycles. The summed E-state index contributed by atoms with van der Waals surface area (Å²) in [5.41, 5.74) is 4.07. The SMILES string of the molecule is CCCOc1cc(=O)n(CCC)n1Cc1ccc(-c2ccccc2-c2nn[nH]n2)cc1. The first-order chi connectivity index (χ1) is 15.2. The van der Waals surface area contributed by atoms with Gasteiger partial charge in [-0.1, -0.05) is 62.4 Å². The maximum atomic E-state index is 12.4. The Morgan fingerprint density at radius 1 is 0.968 bits per heavy atom. The van der Waals surface area contributed by atoms with Gasteiger partial charge in [0.25, 0.3) is 5.56 Å². The van der Waals surface area contributed by atoms with Gasteiger partial charge in [0.2, 0.25) is 11.7 Å². The lowest BCUT2D eigenvalue weighted by Crippen LogP contribution is -2.23. The number of ether oxygens (including phenoxy) is 1. The zero-order chi connectivity index (χ0) is 21.6. The molecule has 0 aliphatic heterocycles. The van der Waals surface area contributed by atoms with Gasteiger partial charge in [0, 0.05) is 12.1 Å². The minimum atomic E-state index is -0.0291. The van der Waals surface area contributed by atoms with Gasteiger partial charge in [0.05, 0.1) is 19.2 Å². The maximum absolute atomic E-state index is 12.4. The molecule has 160 valence electrons. The molecule has 0 saturated heterocycles. The Morgan fingerprint density at radius 2 is 1.74 bits per heavy atom. The minimum absolute atomic E-state index is 0.0291. The normalized spacial score (nSPS) is 11.0. The molecule has 31 heavy (non-hydrogen) atoms. The van der Waals surface area contributed by atoms with Gasteiger partial charge in [0.1, 0.15) is 0 Å². The molecule has 4 aromatic rings. The van der Waals surface area contributed by atoms with Crippen molar-refractivity contribution >= 4 is 0 Å². The van der Waals surface area contributed by atoms with Crippen molar-refractivity contribution < 1.29 is 4.74 Å². The quantitative estimate of drug-likeness (QED) is 0.447. The summed E-state index contributed by atoms with van der Waals surface area (Å²) >= 11 is 0. The summed E-state index contributed by atoms with van der Waals surface area (Å²) < 4.78 is 9.52. The number of rotatable bonds is 9. The van der Waals surface area contributed by atoms with E-state index in [1.807, 2.05) is 28.9 Å². The molecule has 0 saturated carbocycles. The average molecular weight is 419 g/mol. The molecule has 0 fully saturated rings. The van der Waals surface area contributed by atoms with Crippen molar-refractivity contribution in [1.82, 2.24) is 30.0 Å². The fourth-order valence-electron chi connectivity index (χ4n) is 3.59. The van der Waals surface area contributed by atoms with E-state index in [2.05, 4.69) is 58.7 Å². The van der Waals surface area contributed by atoms with Crippen LogP contribution in [0.4, 0.5) is 0 Å². The van der Waals surface area contributed by atoms with E-state index in [1.165, 1.54) is 0 Å². The van der Waals surface area contributed by atoms with E-state index in [9.17, 15) is 4.79 Å². The summed E-state index contributed by atoms with van der Waals surface area (Å²) in [6, 6.07) is 17.9. The minimum Gasteiger partial charge on any atom is -0.478 e. The van der Waals surface area contributed by atoms with Crippen LogP contribution in [-0.2, 0) is 13.1 Å². The molecule has 0 atom stereocenters. The highest BCUT2D eigenvalue weighted by molar-refractivity contribution is 5.80. The Labute approximate surface area is 180 Å². The molecule has 8 nitrogen and oxygen atoms in total. The molecule has 0 aliphatic rings. The predicted octanol–water partition coefficient (Wildman–Crippen LogP) is 3.74. The van der Waals surface area contributed by atoms with Crippen LogP contribution in [0.15, 0.2) is 59.4 Å². The van der Waals surface area contributed by atoms with E-state index < -0.39 is 0 Å². The second-order valence-electron chi connectivity index (χ2n) is 7.33. The van der Waals surface area contributed by atoms with Crippen molar-refractivity contribution in [2.75, 3.05) is 6.61 Å². The third-order valence-electron chi connectivity index (χ3n) is 5.05. The molecule has 0 bridgehead atoms. The number of hydrogen-bond donors (Lipinski definition) is 1. The van der Waals surface area contributed by atoms with Crippen LogP contribution in [0.1, 0.15) is 32.3 Å². The Kier molecular flexibility index (Phi) is 6.26. The molecule has 8 heteroatoms. The molecular weight excluding hydrogens is 392 g/mol. The van der Waals surface area contributed by atoms with Crippen molar-refractivity contribution in [3.05, 3.63) is 70.5 Å². The number of tetrazole rings is 1. The molecule has 0 spiro atoms. The second kappa shape index (κ2) is 9.42. The molecule has 4 rings (SSSR count). The van der Waals surface area contributed by atoms with E-state index in [1.54, 1.807) is 10.7 Å². The lowest BCUT2D eigenvalue weighted by Gasteiger charge is -2.15.